The lowest BCUT2D eigenvalue weighted by Gasteiger charge is -2.58. The van der Waals surface area contributed by atoms with Gasteiger partial charge >= 0.3 is 5.97 Å². The van der Waals surface area contributed by atoms with Crippen LogP contribution < -0.4 is 0 Å². The molecule has 86 valence electrons. The van der Waals surface area contributed by atoms with E-state index in [-0.39, 0.29) is 6.42 Å². The van der Waals surface area contributed by atoms with Crippen LogP contribution in [0.15, 0.2) is 0 Å². The van der Waals surface area contributed by atoms with Crippen LogP contribution in [0.2, 0.25) is 0 Å². The molecule has 0 aromatic carbocycles. The number of rotatable bonds is 2. The summed E-state index contributed by atoms with van der Waals surface area (Å²) in [7, 11) is 0. The highest BCUT2D eigenvalue weighted by molar-refractivity contribution is 5.68. The summed E-state index contributed by atoms with van der Waals surface area (Å²) in [6.07, 6.45) is 5.82. The van der Waals surface area contributed by atoms with Crippen LogP contribution in [0, 0.1) is 40.4 Å². The average molecular weight is 219 g/mol. The van der Waals surface area contributed by atoms with Crippen LogP contribution in [0.25, 0.3) is 0 Å². The highest BCUT2D eigenvalue weighted by atomic mass is 16.4. The van der Waals surface area contributed by atoms with Gasteiger partial charge < -0.3 is 5.11 Å². The minimum atomic E-state index is -0.797. The number of carboxylic acids is 1. The zero-order valence-corrected chi connectivity index (χ0v) is 9.35. The minimum Gasteiger partial charge on any atom is -0.481 e. The van der Waals surface area contributed by atoms with Crippen molar-refractivity contribution in [1.29, 1.82) is 5.26 Å². The van der Waals surface area contributed by atoms with Crippen molar-refractivity contribution in [3.8, 4) is 6.07 Å². The Labute approximate surface area is 95.4 Å². The molecule has 4 saturated carbocycles. The molecule has 16 heavy (non-hydrogen) atoms. The van der Waals surface area contributed by atoms with Crippen molar-refractivity contribution in [2.45, 2.75) is 38.5 Å². The molecule has 0 radical (unpaired) electrons. The standard InChI is InChI=1S/C13H17NO2/c14-7-13(6-12(15)16)10-2-8-1-9(4-10)5-11(13)3-8/h8-11H,1-6H2,(H,15,16). The molecule has 0 heterocycles. The van der Waals surface area contributed by atoms with Crippen LogP contribution >= 0.6 is 0 Å². The van der Waals surface area contributed by atoms with Crippen molar-refractivity contribution in [2.75, 3.05) is 0 Å². The molecular formula is C13H17NO2. The molecule has 4 bridgehead atoms. The molecule has 0 aromatic rings. The smallest absolute Gasteiger partial charge is 0.304 e. The lowest BCUT2D eigenvalue weighted by molar-refractivity contribution is -0.147. The van der Waals surface area contributed by atoms with E-state index in [0.717, 1.165) is 37.5 Å². The SMILES string of the molecule is N#CC1(CC(=O)O)C2CC3CC(C2)CC1C3. The van der Waals surface area contributed by atoms with Gasteiger partial charge in [0, 0.05) is 0 Å². The first-order chi connectivity index (χ1) is 7.64. The molecule has 0 spiro atoms. The second-order valence-corrected chi connectivity index (χ2v) is 6.03. The Morgan fingerprint density at radius 2 is 1.69 bits per heavy atom. The van der Waals surface area contributed by atoms with E-state index in [4.69, 9.17) is 5.11 Å². The number of aliphatic carboxylic acids is 1. The summed E-state index contributed by atoms with van der Waals surface area (Å²) in [4.78, 5) is 11.0. The lowest BCUT2D eigenvalue weighted by Crippen LogP contribution is -2.53. The third kappa shape index (κ3) is 1.22. The molecule has 4 aliphatic carbocycles. The first-order valence-corrected chi connectivity index (χ1v) is 6.27. The zero-order chi connectivity index (χ0) is 11.3. The molecule has 4 fully saturated rings. The molecular weight excluding hydrogens is 202 g/mol. The van der Waals surface area contributed by atoms with E-state index in [1.807, 2.05) is 0 Å². The van der Waals surface area contributed by atoms with Gasteiger partial charge in [-0.15, -0.1) is 0 Å². The van der Waals surface area contributed by atoms with Crippen LogP contribution in [0.1, 0.15) is 38.5 Å². The topological polar surface area (TPSA) is 61.1 Å². The van der Waals surface area contributed by atoms with Crippen molar-refractivity contribution in [2.24, 2.45) is 29.1 Å². The van der Waals surface area contributed by atoms with E-state index in [0.29, 0.717) is 11.8 Å². The number of hydrogen-bond acceptors (Lipinski definition) is 2. The van der Waals surface area contributed by atoms with Gasteiger partial charge in [-0.25, -0.2) is 0 Å². The van der Waals surface area contributed by atoms with Gasteiger partial charge in [0.1, 0.15) is 0 Å². The Balaban J connectivity index is 1.94. The number of carboxylic acid groups (broad SMARTS) is 1. The summed E-state index contributed by atoms with van der Waals surface area (Å²) in [5.41, 5.74) is -0.529. The predicted octanol–water partition coefficient (Wildman–Crippen LogP) is 2.43. The molecule has 0 saturated heterocycles. The first-order valence-electron chi connectivity index (χ1n) is 6.27. The predicted molar refractivity (Wildman–Crippen MR) is 57.3 cm³/mol. The van der Waals surface area contributed by atoms with E-state index in [1.165, 1.54) is 6.42 Å². The van der Waals surface area contributed by atoms with E-state index in [1.54, 1.807) is 0 Å². The summed E-state index contributed by atoms with van der Waals surface area (Å²) in [5, 5.41) is 18.5. The molecule has 4 rings (SSSR count). The Bertz CT molecular complexity index is 341. The Kier molecular flexibility index (Phi) is 2.04. The van der Waals surface area contributed by atoms with Crippen molar-refractivity contribution < 1.29 is 9.90 Å². The van der Waals surface area contributed by atoms with E-state index >= 15 is 0 Å². The van der Waals surface area contributed by atoms with Crippen LogP contribution in [-0.2, 0) is 4.79 Å². The molecule has 3 heteroatoms. The van der Waals surface area contributed by atoms with Crippen molar-refractivity contribution in [3.63, 3.8) is 0 Å². The summed E-state index contributed by atoms with van der Waals surface area (Å²) < 4.78 is 0. The number of hydrogen-bond donors (Lipinski definition) is 1. The molecule has 0 aromatic heterocycles. The number of nitrogens with zero attached hydrogens (tertiary/aromatic N) is 1. The Morgan fingerprint density at radius 1 is 1.19 bits per heavy atom. The van der Waals surface area contributed by atoms with E-state index in [9.17, 15) is 10.1 Å². The monoisotopic (exact) mass is 219 g/mol. The molecule has 4 aliphatic rings. The Morgan fingerprint density at radius 3 is 2.06 bits per heavy atom. The fourth-order valence-electron chi connectivity index (χ4n) is 4.79. The molecule has 3 nitrogen and oxygen atoms in total. The summed E-state index contributed by atoms with van der Waals surface area (Å²) >= 11 is 0. The fraction of sp³-hybridized carbons (Fsp3) is 0.846. The Hall–Kier alpha value is -1.04. The van der Waals surface area contributed by atoms with Gasteiger partial charge in [-0.2, -0.15) is 5.26 Å². The highest BCUT2D eigenvalue weighted by Gasteiger charge is 2.58. The molecule has 1 N–H and O–H groups in total. The van der Waals surface area contributed by atoms with Crippen molar-refractivity contribution in [1.82, 2.24) is 0 Å². The third-order valence-electron chi connectivity index (χ3n) is 5.25. The lowest BCUT2D eigenvalue weighted by atomic mass is 9.45. The molecule has 0 aliphatic heterocycles. The second-order valence-electron chi connectivity index (χ2n) is 6.03. The van der Waals surface area contributed by atoms with Crippen molar-refractivity contribution >= 4 is 5.97 Å². The summed E-state index contributed by atoms with van der Waals surface area (Å²) in [5.74, 6) is 1.51. The van der Waals surface area contributed by atoms with E-state index < -0.39 is 11.4 Å². The normalized spacial score (nSPS) is 48.9. The van der Waals surface area contributed by atoms with Gasteiger partial charge in [0.05, 0.1) is 17.9 Å². The molecule has 0 amide bonds. The summed E-state index contributed by atoms with van der Waals surface area (Å²) in [6, 6.07) is 2.41. The largest absolute Gasteiger partial charge is 0.481 e. The zero-order valence-electron chi connectivity index (χ0n) is 9.35. The third-order valence-corrected chi connectivity index (χ3v) is 5.25. The number of carbonyl (C=O) groups is 1. The number of nitriles is 1. The maximum absolute atomic E-state index is 11.0. The minimum absolute atomic E-state index is 0.0677. The maximum Gasteiger partial charge on any atom is 0.304 e. The fourth-order valence-corrected chi connectivity index (χ4v) is 4.79. The van der Waals surface area contributed by atoms with Gasteiger partial charge in [-0.1, -0.05) is 0 Å². The maximum atomic E-state index is 11.0. The van der Waals surface area contributed by atoms with Gasteiger partial charge in [-0.05, 0) is 55.8 Å². The van der Waals surface area contributed by atoms with Crippen LogP contribution in [0.3, 0.4) is 0 Å². The van der Waals surface area contributed by atoms with Crippen molar-refractivity contribution in [3.05, 3.63) is 0 Å². The van der Waals surface area contributed by atoms with Crippen LogP contribution in [-0.4, -0.2) is 11.1 Å². The average Bonchev–Trinajstić information content (AvgIpc) is 2.22. The van der Waals surface area contributed by atoms with E-state index in [2.05, 4.69) is 6.07 Å². The quantitative estimate of drug-likeness (QED) is 0.775. The van der Waals surface area contributed by atoms with Gasteiger partial charge in [0.15, 0.2) is 0 Å². The van der Waals surface area contributed by atoms with Crippen LogP contribution in [0.5, 0.6) is 0 Å². The molecule has 0 unspecified atom stereocenters. The molecule has 0 atom stereocenters. The second kappa shape index (κ2) is 3.23. The van der Waals surface area contributed by atoms with Gasteiger partial charge in [0.2, 0.25) is 0 Å². The summed E-state index contributed by atoms with van der Waals surface area (Å²) in [6.45, 7) is 0. The first kappa shape index (κ1) is 10.1. The van der Waals surface area contributed by atoms with Crippen LogP contribution in [0.4, 0.5) is 0 Å². The highest BCUT2D eigenvalue weighted by Crippen LogP contribution is 2.63. The van der Waals surface area contributed by atoms with Gasteiger partial charge in [-0.3, -0.25) is 4.79 Å². The van der Waals surface area contributed by atoms with Gasteiger partial charge in [0.25, 0.3) is 0 Å².